The number of carbonyl (C=O) groups is 1. The van der Waals surface area contributed by atoms with Crippen LogP contribution in [0.25, 0.3) is 22.2 Å². The van der Waals surface area contributed by atoms with E-state index in [9.17, 15) is 22.8 Å². The molecule has 2 heterocycles. The molecule has 1 saturated heterocycles. The highest BCUT2D eigenvalue weighted by atomic mass is 19.4. The number of alkyl halides is 3. The van der Waals surface area contributed by atoms with Gasteiger partial charge < -0.3 is 18.8 Å². The average molecular weight is 438 g/mol. The first-order valence-corrected chi connectivity index (χ1v) is 9.46. The summed E-state index contributed by atoms with van der Waals surface area (Å²) in [5.74, 6) is -0.755. The van der Waals surface area contributed by atoms with Gasteiger partial charge in [-0.05, 0) is 48.2 Å². The van der Waals surface area contributed by atoms with Gasteiger partial charge in [-0.15, -0.1) is 13.2 Å². The Morgan fingerprint density at radius 1 is 1.03 bits per heavy atom. The van der Waals surface area contributed by atoms with Crippen LogP contribution >= 0.6 is 0 Å². The summed E-state index contributed by atoms with van der Waals surface area (Å²) in [4.78, 5) is 23.9. The van der Waals surface area contributed by atoms with Gasteiger partial charge in [0.05, 0.1) is 12.6 Å². The smallest absolute Gasteiger partial charge is 0.453 e. The molecule has 31 heavy (non-hydrogen) atoms. The molecule has 0 unspecified atom stereocenters. The van der Waals surface area contributed by atoms with Crippen molar-refractivity contribution >= 4 is 17.2 Å². The molecule has 1 aromatic heterocycles. The van der Waals surface area contributed by atoms with Crippen LogP contribution in [0.3, 0.4) is 0 Å². The number of amides is 1. The predicted molar refractivity (Wildman–Crippen MR) is 107 cm³/mol. The lowest BCUT2D eigenvalue weighted by molar-refractivity contribution is -0.274. The molecule has 1 amide bonds. The summed E-state index contributed by atoms with van der Waals surface area (Å²) in [6.45, 7) is 1.74. The summed E-state index contributed by atoms with van der Waals surface area (Å²) in [5, 5.41) is 0. The number of halogens is 3. The number of carbonyl (C=O) groups excluding carboxylic acids is 1. The highest BCUT2D eigenvalue weighted by molar-refractivity contribution is 5.80. The molecule has 0 saturated carbocycles. The summed E-state index contributed by atoms with van der Waals surface area (Å²) in [7, 11) is 3.00. The minimum absolute atomic E-state index is 0.187. The number of rotatable bonds is 2. The lowest BCUT2D eigenvalue weighted by atomic mass is 10.1. The van der Waals surface area contributed by atoms with Crippen LogP contribution < -0.4 is 10.5 Å². The Morgan fingerprint density at radius 2 is 1.65 bits per heavy atom. The molecule has 0 aliphatic carbocycles. The van der Waals surface area contributed by atoms with Crippen molar-refractivity contribution in [1.29, 1.82) is 0 Å². The fourth-order valence-corrected chi connectivity index (χ4v) is 3.18. The Bertz CT molecular complexity index is 1100. The second-order valence-corrected chi connectivity index (χ2v) is 6.85. The lowest BCUT2D eigenvalue weighted by Crippen LogP contribution is -2.27. The van der Waals surface area contributed by atoms with Crippen LogP contribution in [-0.2, 0) is 11.8 Å². The standard InChI is InChI=1S/C15H10F3NO3.C6H11NO2/c1-19-12-8-10(4-7-13(12)21-14(19)20)9-2-5-11(6-3-9)22-15(16,17)18;1-9-6(8)7-4-2-3-5-7/h2-8H,1H3;2-5H2,1H3. The number of aryl methyl sites for hydroxylation is 1. The largest absolute Gasteiger partial charge is 0.573 e. The summed E-state index contributed by atoms with van der Waals surface area (Å²) < 4.78 is 51.1. The number of hydrogen-bond acceptors (Lipinski definition) is 5. The number of oxazole rings is 1. The van der Waals surface area contributed by atoms with Gasteiger partial charge >= 0.3 is 18.2 Å². The molecule has 0 N–H and O–H groups in total. The van der Waals surface area contributed by atoms with Crippen molar-refractivity contribution in [2.45, 2.75) is 19.2 Å². The molecule has 1 aliphatic heterocycles. The molecular weight excluding hydrogens is 417 g/mol. The first-order chi connectivity index (χ1) is 14.7. The molecule has 7 nitrogen and oxygen atoms in total. The van der Waals surface area contributed by atoms with E-state index in [2.05, 4.69) is 9.47 Å². The van der Waals surface area contributed by atoms with Gasteiger partial charge in [0.15, 0.2) is 5.58 Å². The van der Waals surface area contributed by atoms with Crippen LogP contribution in [0.1, 0.15) is 12.8 Å². The predicted octanol–water partition coefficient (Wildman–Crippen LogP) is 4.55. The second kappa shape index (κ2) is 9.15. The molecule has 0 atom stereocenters. The Balaban J connectivity index is 0.000000254. The maximum Gasteiger partial charge on any atom is 0.573 e. The third-order valence-electron chi connectivity index (χ3n) is 4.75. The van der Waals surface area contributed by atoms with Crippen molar-refractivity contribution in [3.63, 3.8) is 0 Å². The number of benzene rings is 2. The second-order valence-electron chi connectivity index (χ2n) is 6.85. The molecule has 0 bridgehead atoms. The van der Waals surface area contributed by atoms with E-state index < -0.39 is 12.1 Å². The first-order valence-electron chi connectivity index (χ1n) is 9.46. The van der Waals surface area contributed by atoms with Crippen molar-refractivity contribution in [1.82, 2.24) is 9.47 Å². The fraction of sp³-hybridized carbons (Fsp3) is 0.333. The van der Waals surface area contributed by atoms with Crippen molar-refractivity contribution in [2.24, 2.45) is 7.05 Å². The number of fused-ring (bicyclic) bond motifs is 1. The van der Waals surface area contributed by atoms with Gasteiger partial charge in [0.2, 0.25) is 0 Å². The molecule has 0 spiro atoms. The van der Waals surface area contributed by atoms with Crippen molar-refractivity contribution in [2.75, 3.05) is 20.2 Å². The molecule has 4 rings (SSSR count). The number of hydrogen-bond donors (Lipinski definition) is 0. The summed E-state index contributed by atoms with van der Waals surface area (Å²) in [6, 6.07) is 10.6. The zero-order chi connectivity index (χ0) is 22.6. The minimum Gasteiger partial charge on any atom is -0.453 e. The Kier molecular flexibility index (Phi) is 6.57. The molecule has 10 heteroatoms. The maximum atomic E-state index is 12.1. The highest BCUT2D eigenvalue weighted by Gasteiger charge is 2.31. The van der Waals surface area contributed by atoms with Crippen LogP contribution in [0, 0.1) is 0 Å². The van der Waals surface area contributed by atoms with Crippen LogP contribution in [-0.4, -0.2) is 42.1 Å². The van der Waals surface area contributed by atoms with Crippen LogP contribution in [0.15, 0.2) is 51.7 Å². The molecule has 2 aromatic carbocycles. The average Bonchev–Trinajstić information content (AvgIpc) is 3.36. The van der Waals surface area contributed by atoms with Crippen LogP contribution in [0.5, 0.6) is 5.75 Å². The van der Waals surface area contributed by atoms with Gasteiger partial charge in [-0.3, -0.25) is 4.57 Å². The van der Waals surface area contributed by atoms with Gasteiger partial charge in [-0.25, -0.2) is 9.59 Å². The molecule has 166 valence electrons. The topological polar surface area (TPSA) is 73.9 Å². The molecule has 1 aliphatic rings. The van der Waals surface area contributed by atoms with Gasteiger partial charge in [0.1, 0.15) is 5.75 Å². The van der Waals surface area contributed by atoms with E-state index in [1.54, 1.807) is 30.1 Å². The van der Waals surface area contributed by atoms with Gasteiger partial charge in [0.25, 0.3) is 0 Å². The highest BCUT2D eigenvalue weighted by Crippen LogP contribution is 2.28. The van der Waals surface area contributed by atoms with E-state index >= 15 is 0 Å². The summed E-state index contributed by atoms with van der Waals surface area (Å²) in [5.41, 5.74) is 2.51. The van der Waals surface area contributed by atoms with Gasteiger partial charge in [-0.2, -0.15) is 0 Å². The van der Waals surface area contributed by atoms with Gasteiger partial charge in [-0.1, -0.05) is 18.2 Å². The van der Waals surface area contributed by atoms with Crippen LogP contribution in [0.4, 0.5) is 18.0 Å². The third kappa shape index (κ3) is 5.59. The zero-order valence-electron chi connectivity index (χ0n) is 16.9. The molecular formula is C21H21F3N2O5. The number of likely N-dealkylation sites (tertiary alicyclic amines) is 1. The van der Waals surface area contributed by atoms with Crippen LogP contribution in [0.2, 0.25) is 0 Å². The maximum absolute atomic E-state index is 12.1. The van der Waals surface area contributed by atoms with E-state index in [0.29, 0.717) is 16.7 Å². The SMILES string of the molecule is COC(=O)N1CCCC1.Cn1c(=O)oc2ccc(-c3ccc(OC(F)(F)F)cc3)cc21. The fourth-order valence-electron chi connectivity index (χ4n) is 3.18. The monoisotopic (exact) mass is 438 g/mol. The Hall–Kier alpha value is -3.43. The summed E-state index contributed by atoms with van der Waals surface area (Å²) in [6.07, 6.45) is -2.66. The first kappa shape index (κ1) is 22.3. The van der Waals surface area contributed by atoms with E-state index in [4.69, 9.17) is 4.42 Å². The van der Waals surface area contributed by atoms with Crippen molar-refractivity contribution in [3.8, 4) is 16.9 Å². The van der Waals surface area contributed by atoms with E-state index in [0.717, 1.165) is 31.5 Å². The molecule has 1 fully saturated rings. The van der Waals surface area contributed by atoms with E-state index in [1.807, 2.05) is 0 Å². The number of ether oxygens (including phenoxy) is 2. The number of nitrogens with zero attached hydrogens (tertiary/aromatic N) is 2. The molecule has 3 aromatic rings. The summed E-state index contributed by atoms with van der Waals surface area (Å²) >= 11 is 0. The normalized spacial score (nSPS) is 13.6. The minimum atomic E-state index is -4.71. The van der Waals surface area contributed by atoms with Gasteiger partial charge in [0, 0.05) is 20.1 Å². The lowest BCUT2D eigenvalue weighted by Gasteiger charge is -2.11. The zero-order valence-corrected chi connectivity index (χ0v) is 16.9. The van der Waals surface area contributed by atoms with E-state index in [-0.39, 0.29) is 11.8 Å². The number of aromatic nitrogens is 1. The Morgan fingerprint density at radius 3 is 2.23 bits per heavy atom. The van der Waals surface area contributed by atoms with Crippen molar-refractivity contribution in [3.05, 3.63) is 53.0 Å². The third-order valence-corrected chi connectivity index (χ3v) is 4.75. The van der Waals surface area contributed by atoms with E-state index in [1.165, 1.54) is 35.9 Å². The van der Waals surface area contributed by atoms with Crippen molar-refractivity contribution < 1.29 is 31.9 Å². The molecule has 0 radical (unpaired) electrons. The Labute approximate surface area is 175 Å². The quantitative estimate of drug-likeness (QED) is 0.587. The number of methoxy groups -OCH3 is 1.